The monoisotopic (exact) mass is 368 g/mol. The second-order valence-electron chi connectivity index (χ2n) is 5.61. The highest BCUT2D eigenvalue weighted by Gasteiger charge is 2.18. The first-order valence-corrected chi connectivity index (χ1v) is 8.15. The molecule has 2 heterocycles. The lowest BCUT2D eigenvalue weighted by molar-refractivity contribution is -0.118. The highest BCUT2D eigenvalue weighted by molar-refractivity contribution is 6.31. The number of amides is 2. The van der Waals surface area contributed by atoms with Crippen molar-refractivity contribution in [2.45, 2.75) is 0 Å². The summed E-state index contributed by atoms with van der Waals surface area (Å²) < 4.78 is 6.93. The summed E-state index contributed by atoms with van der Waals surface area (Å²) in [6.45, 7) is -0.0334. The SMILES string of the molecule is O=C1COc2ccc(C(=O)Nc3cc(Cl)ccc3-n3cccn3)cc2N1. The third-order valence-electron chi connectivity index (χ3n) is 3.83. The summed E-state index contributed by atoms with van der Waals surface area (Å²) in [7, 11) is 0. The van der Waals surface area contributed by atoms with Crippen molar-refractivity contribution in [3.63, 3.8) is 0 Å². The van der Waals surface area contributed by atoms with E-state index in [1.165, 1.54) is 0 Å². The summed E-state index contributed by atoms with van der Waals surface area (Å²) in [5.74, 6) is -0.0738. The van der Waals surface area contributed by atoms with E-state index >= 15 is 0 Å². The molecule has 0 atom stereocenters. The van der Waals surface area contributed by atoms with Crippen LogP contribution in [0.15, 0.2) is 54.9 Å². The summed E-state index contributed by atoms with van der Waals surface area (Å²) in [6.07, 6.45) is 3.41. The van der Waals surface area contributed by atoms with E-state index in [0.717, 1.165) is 0 Å². The van der Waals surface area contributed by atoms with Crippen molar-refractivity contribution in [2.75, 3.05) is 17.2 Å². The van der Waals surface area contributed by atoms with Crippen LogP contribution in [0.1, 0.15) is 10.4 Å². The van der Waals surface area contributed by atoms with E-state index in [4.69, 9.17) is 16.3 Å². The second kappa shape index (κ2) is 6.53. The molecule has 1 aromatic heterocycles. The van der Waals surface area contributed by atoms with Gasteiger partial charge in [-0.1, -0.05) is 11.6 Å². The zero-order chi connectivity index (χ0) is 18.1. The fourth-order valence-electron chi connectivity index (χ4n) is 2.64. The Hall–Kier alpha value is -3.32. The number of hydrogen-bond acceptors (Lipinski definition) is 4. The van der Waals surface area contributed by atoms with Gasteiger partial charge in [0.2, 0.25) is 0 Å². The predicted octanol–water partition coefficient (Wildman–Crippen LogP) is 3.11. The van der Waals surface area contributed by atoms with Crippen molar-refractivity contribution in [3.05, 3.63) is 65.4 Å². The van der Waals surface area contributed by atoms with Crippen molar-refractivity contribution in [2.24, 2.45) is 0 Å². The smallest absolute Gasteiger partial charge is 0.262 e. The van der Waals surface area contributed by atoms with E-state index < -0.39 is 0 Å². The highest BCUT2D eigenvalue weighted by atomic mass is 35.5. The summed E-state index contributed by atoms with van der Waals surface area (Å²) in [4.78, 5) is 24.1. The lowest BCUT2D eigenvalue weighted by atomic mass is 10.1. The number of aromatic nitrogens is 2. The van der Waals surface area contributed by atoms with Gasteiger partial charge in [-0.15, -0.1) is 0 Å². The molecule has 7 nitrogen and oxygen atoms in total. The Morgan fingerprint density at radius 1 is 1.27 bits per heavy atom. The molecule has 2 aromatic carbocycles. The lowest BCUT2D eigenvalue weighted by Crippen LogP contribution is -2.25. The minimum atomic E-state index is -0.344. The Labute approximate surface area is 153 Å². The van der Waals surface area contributed by atoms with Crippen molar-refractivity contribution >= 4 is 34.8 Å². The molecule has 0 bridgehead atoms. The molecule has 0 aliphatic carbocycles. The van der Waals surface area contributed by atoms with Gasteiger partial charge in [-0.3, -0.25) is 9.59 Å². The van der Waals surface area contributed by atoms with Gasteiger partial charge in [0, 0.05) is 23.0 Å². The van der Waals surface area contributed by atoms with Crippen LogP contribution in [-0.4, -0.2) is 28.2 Å². The average molecular weight is 369 g/mol. The summed E-state index contributed by atoms with van der Waals surface area (Å²) >= 11 is 6.07. The molecular formula is C18H13ClN4O3. The first-order valence-electron chi connectivity index (χ1n) is 7.78. The predicted molar refractivity (Wildman–Crippen MR) is 97.1 cm³/mol. The Bertz CT molecular complexity index is 1000. The largest absolute Gasteiger partial charge is 0.482 e. The molecule has 2 N–H and O–H groups in total. The van der Waals surface area contributed by atoms with Gasteiger partial charge in [-0.05, 0) is 42.5 Å². The van der Waals surface area contributed by atoms with Gasteiger partial charge < -0.3 is 15.4 Å². The van der Waals surface area contributed by atoms with Crippen LogP contribution in [0, 0.1) is 0 Å². The maximum atomic E-state index is 12.7. The van der Waals surface area contributed by atoms with Crippen LogP contribution in [0.25, 0.3) is 5.69 Å². The quantitative estimate of drug-likeness (QED) is 0.743. The summed E-state index contributed by atoms with van der Waals surface area (Å²) in [6, 6.07) is 11.8. The van der Waals surface area contributed by atoms with E-state index in [2.05, 4.69) is 15.7 Å². The number of anilines is 2. The van der Waals surface area contributed by atoms with Crippen LogP contribution >= 0.6 is 11.6 Å². The molecule has 8 heteroatoms. The number of carbonyl (C=O) groups is 2. The standard InChI is InChI=1S/C18H13ClN4O3/c19-12-3-4-15(23-7-1-6-20-23)13(9-12)22-18(25)11-2-5-16-14(8-11)21-17(24)10-26-16/h1-9H,10H2,(H,21,24)(H,22,25). The van der Waals surface area contributed by atoms with E-state index in [-0.39, 0.29) is 18.4 Å². The molecule has 26 heavy (non-hydrogen) atoms. The number of hydrogen-bond donors (Lipinski definition) is 2. The molecule has 0 unspecified atom stereocenters. The normalized spacial score (nSPS) is 12.7. The molecule has 130 valence electrons. The third kappa shape index (κ3) is 3.12. The topological polar surface area (TPSA) is 85.2 Å². The van der Waals surface area contributed by atoms with Crippen molar-refractivity contribution < 1.29 is 14.3 Å². The fourth-order valence-corrected chi connectivity index (χ4v) is 2.81. The highest BCUT2D eigenvalue weighted by Crippen LogP contribution is 2.29. The molecule has 0 spiro atoms. The van der Waals surface area contributed by atoms with Crippen LogP contribution in [0.3, 0.4) is 0 Å². The molecule has 1 aliphatic heterocycles. The first-order chi connectivity index (χ1) is 12.6. The molecule has 3 aromatic rings. The molecule has 2 amide bonds. The number of carbonyl (C=O) groups excluding carboxylic acids is 2. The van der Waals surface area contributed by atoms with Crippen LogP contribution in [-0.2, 0) is 4.79 Å². The Balaban J connectivity index is 1.64. The van der Waals surface area contributed by atoms with Crippen molar-refractivity contribution in [1.29, 1.82) is 0 Å². The van der Waals surface area contributed by atoms with E-state index in [1.807, 2.05) is 0 Å². The van der Waals surface area contributed by atoms with E-state index in [1.54, 1.807) is 59.5 Å². The van der Waals surface area contributed by atoms with Gasteiger partial charge in [-0.2, -0.15) is 5.10 Å². The van der Waals surface area contributed by atoms with Gasteiger partial charge in [0.05, 0.1) is 17.1 Å². The second-order valence-corrected chi connectivity index (χ2v) is 6.05. The van der Waals surface area contributed by atoms with Crippen molar-refractivity contribution in [1.82, 2.24) is 9.78 Å². The number of nitrogens with zero attached hydrogens (tertiary/aromatic N) is 2. The van der Waals surface area contributed by atoms with Crippen molar-refractivity contribution in [3.8, 4) is 11.4 Å². The molecule has 1 aliphatic rings. The Kier molecular flexibility index (Phi) is 4.06. The maximum absolute atomic E-state index is 12.7. The minimum Gasteiger partial charge on any atom is -0.482 e. The average Bonchev–Trinajstić information content (AvgIpc) is 3.15. The fraction of sp³-hybridized carbons (Fsp3) is 0.0556. The van der Waals surface area contributed by atoms with E-state index in [9.17, 15) is 9.59 Å². The Morgan fingerprint density at radius 2 is 2.15 bits per heavy atom. The van der Waals surface area contributed by atoms with Gasteiger partial charge in [-0.25, -0.2) is 4.68 Å². The van der Waals surface area contributed by atoms with Crippen LogP contribution in [0.2, 0.25) is 5.02 Å². The molecule has 0 saturated carbocycles. The molecule has 4 rings (SSSR count). The molecule has 0 radical (unpaired) electrons. The summed E-state index contributed by atoms with van der Waals surface area (Å²) in [5, 5.41) is 10.2. The number of rotatable bonds is 3. The number of nitrogens with one attached hydrogen (secondary N) is 2. The van der Waals surface area contributed by atoms with Crippen LogP contribution in [0.4, 0.5) is 11.4 Å². The van der Waals surface area contributed by atoms with Gasteiger partial charge in [0.15, 0.2) is 6.61 Å². The lowest BCUT2D eigenvalue weighted by Gasteiger charge is -2.18. The maximum Gasteiger partial charge on any atom is 0.262 e. The van der Waals surface area contributed by atoms with Crippen LogP contribution < -0.4 is 15.4 Å². The Morgan fingerprint density at radius 3 is 2.96 bits per heavy atom. The zero-order valence-corrected chi connectivity index (χ0v) is 14.2. The number of benzene rings is 2. The van der Waals surface area contributed by atoms with Gasteiger partial charge in [0.1, 0.15) is 5.75 Å². The van der Waals surface area contributed by atoms with Crippen LogP contribution in [0.5, 0.6) is 5.75 Å². The third-order valence-corrected chi connectivity index (χ3v) is 4.07. The van der Waals surface area contributed by atoms with Gasteiger partial charge >= 0.3 is 0 Å². The minimum absolute atomic E-state index is 0.0334. The zero-order valence-electron chi connectivity index (χ0n) is 13.4. The van der Waals surface area contributed by atoms with E-state index in [0.29, 0.717) is 33.4 Å². The molecule has 0 fully saturated rings. The molecular weight excluding hydrogens is 356 g/mol. The number of halogens is 1. The van der Waals surface area contributed by atoms with Gasteiger partial charge in [0.25, 0.3) is 11.8 Å². The summed E-state index contributed by atoms with van der Waals surface area (Å²) in [5.41, 5.74) is 2.04. The number of ether oxygens (including phenoxy) is 1. The molecule has 0 saturated heterocycles. The number of fused-ring (bicyclic) bond motifs is 1. The first kappa shape index (κ1) is 16.2.